The molecule has 1 aromatic rings. The molecule has 33 heavy (non-hydrogen) atoms. The van der Waals surface area contributed by atoms with Crippen molar-refractivity contribution in [2.45, 2.75) is 105 Å². The molecule has 0 aromatic heterocycles. The maximum atomic E-state index is 6.85. The number of benzene rings is 1. The van der Waals surface area contributed by atoms with Crippen molar-refractivity contribution in [3.05, 3.63) is 34.3 Å². The Labute approximate surface area is 207 Å². The van der Waals surface area contributed by atoms with Gasteiger partial charge >= 0.3 is 8.80 Å². The SMILES string of the molecule is CC(C)O[Si](CCCOCC1CO1)(OC(C)C)OC(Cc1ccc(C(C)C)c(Cl)c1)C(C)C. The Bertz CT molecular complexity index is 696. The summed E-state index contributed by atoms with van der Waals surface area (Å²) in [5.74, 6) is 0.701. The maximum absolute atomic E-state index is 6.85. The lowest BCUT2D eigenvalue weighted by atomic mass is 9.96. The van der Waals surface area contributed by atoms with Crippen LogP contribution in [0.3, 0.4) is 0 Å². The Kier molecular flexibility index (Phi) is 11.8. The molecule has 1 heterocycles. The Hall–Kier alpha value is -0.473. The zero-order valence-electron chi connectivity index (χ0n) is 21.9. The van der Waals surface area contributed by atoms with Crippen molar-refractivity contribution in [3.63, 3.8) is 0 Å². The van der Waals surface area contributed by atoms with Crippen LogP contribution in [0.2, 0.25) is 11.1 Å². The van der Waals surface area contributed by atoms with Gasteiger partial charge in [0.2, 0.25) is 0 Å². The predicted octanol–water partition coefficient (Wildman–Crippen LogP) is 6.64. The number of hydrogen-bond acceptors (Lipinski definition) is 5. The summed E-state index contributed by atoms with van der Waals surface area (Å²) in [5.41, 5.74) is 2.35. The van der Waals surface area contributed by atoms with Crippen molar-refractivity contribution in [3.8, 4) is 0 Å². The number of epoxide rings is 1. The van der Waals surface area contributed by atoms with Gasteiger partial charge in [-0.25, -0.2) is 0 Å². The minimum atomic E-state index is -2.95. The van der Waals surface area contributed by atoms with E-state index in [1.54, 1.807) is 0 Å². The second-order valence-electron chi connectivity index (χ2n) is 10.3. The maximum Gasteiger partial charge on any atom is 0.501 e. The lowest BCUT2D eigenvalue weighted by Crippen LogP contribution is -2.52. The molecule has 2 unspecified atom stereocenters. The highest BCUT2D eigenvalue weighted by molar-refractivity contribution is 6.60. The van der Waals surface area contributed by atoms with Crippen LogP contribution >= 0.6 is 11.6 Å². The summed E-state index contributed by atoms with van der Waals surface area (Å²) in [4.78, 5) is 0. The van der Waals surface area contributed by atoms with Crippen molar-refractivity contribution >= 4 is 20.4 Å². The van der Waals surface area contributed by atoms with E-state index in [1.165, 1.54) is 11.1 Å². The van der Waals surface area contributed by atoms with E-state index in [2.05, 4.69) is 45.9 Å². The first-order chi connectivity index (χ1) is 15.5. The smallest absolute Gasteiger partial charge is 0.379 e. The van der Waals surface area contributed by atoms with Crippen molar-refractivity contribution in [2.75, 3.05) is 19.8 Å². The quantitative estimate of drug-likeness (QED) is 0.144. The highest BCUT2D eigenvalue weighted by atomic mass is 35.5. The van der Waals surface area contributed by atoms with E-state index in [0.29, 0.717) is 25.0 Å². The summed E-state index contributed by atoms with van der Waals surface area (Å²) in [5, 5.41) is 0.821. The van der Waals surface area contributed by atoms with Crippen molar-refractivity contribution in [1.82, 2.24) is 0 Å². The molecule has 7 heteroatoms. The summed E-state index contributed by atoms with van der Waals surface area (Å²) in [7, 11) is -2.95. The predicted molar refractivity (Wildman–Crippen MR) is 137 cm³/mol. The number of rotatable bonds is 16. The van der Waals surface area contributed by atoms with Gasteiger partial charge in [0.1, 0.15) is 6.10 Å². The summed E-state index contributed by atoms with van der Waals surface area (Å²) < 4.78 is 30.8. The average Bonchev–Trinajstić information content (AvgIpc) is 3.50. The van der Waals surface area contributed by atoms with Gasteiger partial charge in [-0.3, -0.25) is 0 Å². The summed E-state index contributed by atoms with van der Waals surface area (Å²) in [6, 6.07) is 7.12. The molecule has 1 fully saturated rings. The molecule has 0 aliphatic carbocycles. The van der Waals surface area contributed by atoms with Gasteiger partial charge in [-0.05, 0) is 69.6 Å². The fourth-order valence-corrected chi connectivity index (χ4v) is 7.56. The lowest BCUT2D eigenvalue weighted by molar-refractivity contribution is -0.0187. The van der Waals surface area contributed by atoms with Crippen molar-refractivity contribution in [2.24, 2.45) is 5.92 Å². The number of halogens is 1. The molecule has 1 saturated heterocycles. The third kappa shape index (κ3) is 10.4. The van der Waals surface area contributed by atoms with Crippen LogP contribution in [-0.2, 0) is 29.2 Å². The number of ether oxygens (including phenoxy) is 2. The summed E-state index contributed by atoms with van der Waals surface area (Å²) in [6.07, 6.45) is 1.88. The van der Waals surface area contributed by atoms with Gasteiger partial charge in [0.05, 0.1) is 19.3 Å². The first kappa shape index (κ1) is 28.8. The molecule has 0 spiro atoms. The van der Waals surface area contributed by atoms with E-state index in [9.17, 15) is 0 Å². The average molecular weight is 501 g/mol. The van der Waals surface area contributed by atoms with Gasteiger partial charge in [-0.15, -0.1) is 0 Å². The summed E-state index contributed by atoms with van der Waals surface area (Å²) in [6.45, 7) is 19.0. The molecule has 5 nitrogen and oxygen atoms in total. The third-order valence-electron chi connectivity index (χ3n) is 5.51. The second kappa shape index (κ2) is 13.6. The molecular formula is C26H45ClO5Si. The van der Waals surface area contributed by atoms with Gasteiger partial charge in [0.15, 0.2) is 0 Å². The van der Waals surface area contributed by atoms with Crippen LogP contribution in [0.25, 0.3) is 0 Å². The van der Waals surface area contributed by atoms with Gasteiger partial charge in [0, 0.05) is 29.9 Å². The first-order valence-corrected chi connectivity index (χ1v) is 14.8. The minimum Gasteiger partial charge on any atom is -0.379 e. The number of hydrogen-bond donors (Lipinski definition) is 0. The molecule has 0 bridgehead atoms. The zero-order valence-corrected chi connectivity index (χ0v) is 23.6. The highest BCUT2D eigenvalue weighted by Crippen LogP contribution is 2.30. The summed E-state index contributed by atoms with van der Waals surface area (Å²) >= 11 is 6.58. The van der Waals surface area contributed by atoms with E-state index in [1.807, 2.05) is 27.7 Å². The van der Waals surface area contributed by atoms with Crippen LogP contribution in [0.1, 0.15) is 78.9 Å². The van der Waals surface area contributed by atoms with E-state index in [0.717, 1.165) is 30.5 Å². The van der Waals surface area contributed by atoms with Crippen LogP contribution in [0, 0.1) is 5.92 Å². The normalized spacial score (nSPS) is 17.5. The molecule has 0 radical (unpaired) electrons. The minimum absolute atomic E-state index is 0.0174. The molecule has 2 atom stereocenters. The molecule has 0 N–H and O–H groups in total. The van der Waals surface area contributed by atoms with E-state index < -0.39 is 8.80 Å². The molecular weight excluding hydrogens is 456 g/mol. The molecule has 0 amide bonds. The van der Waals surface area contributed by atoms with Gasteiger partial charge in [-0.1, -0.05) is 51.4 Å². The van der Waals surface area contributed by atoms with Gasteiger partial charge < -0.3 is 22.8 Å². The first-order valence-electron chi connectivity index (χ1n) is 12.5. The van der Waals surface area contributed by atoms with Gasteiger partial charge in [-0.2, -0.15) is 0 Å². The van der Waals surface area contributed by atoms with Crippen LogP contribution in [0.4, 0.5) is 0 Å². The van der Waals surface area contributed by atoms with Crippen LogP contribution in [0.15, 0.2) is 18.2 Å². The van der Waals surface area contributed by atoms with E-state index in [4.69, 9.17) is 34.4 Å². The largest absolute Gasteiger partial charge is 0.501 e. The molecule has 1 aliphatic heterocycles. The Morgan fingerprint density at radius 2 is 1.64 bits per heavy atom. The fraction of sp³-hybridized carbons (Fsp3) is 0.769. The lowest BCUT2D eigenvalue weighted by Gasteiger charge is -2.37. The molecule has 1 aromatic carbocycles. The van der Waals surface area contributed by atoms with Crippen LogP contribution in [-0.4, -0.2) is 53.0 Å². The van der Waals surface area contributed by atoms with Crippen LogP contribution < -0.4 is 0 Å². The van der Waals surface area contributed by atoms with Gasteiger partial charge in [0.25, 0.3) is 0 Å². The standard InChI is InChI=1S/C26H45ClO5Si/c1-18(2)24-11-10-22(14-25(24)27)15-26(19(3)4)32-33(30-20(5)6,31-21(7)8)13-9-12-28-16-23-17-29-23/h10-11,14,18-21,23,26H,9,12-13,15-17H2,1-8H3. The topological polar surface area (TPSA) is 49.5 Å². The Morgan fingerprint density at radius 1 is 1.00 bits per heavy atom. The Balaban J connectivity index is 2.15. The zero-order chi connectivity index (χ0) is 24.6. The van der Waals surface area contributed by atoms with Crippen molar-refractivity contribution < 1.29 is 22.8 Å². The second-order valence-corrected chi connectivity index (χ2v) is 13.2. The molecule has 1 aliphatic rings. The van der Waals surface area contributed by atoms with Crippen LogP contribution in [0.5, 0.6) is 0 Å². The monoisotopic (exact) mass is 500 g/mol. The van der Waals surface area contributed by atoms with E-state index >= 15 is 0 Å². The van der Waals surface area contributed by atoms with Crippen molar-refractivity contribution in [1.29, 1.82) is 0 Å². The highest BCUT2D eigenvalue weighted by Gasteiger charge is 2.45. The Morgan fingerprint density at radius 3 is 2.12 bits per heavy atom. The third-order valence-corrected chi connectivity index (χ3v) is 9.12. The molecule has 2 rings (SSSR count). The molecule has 190 valence electrons. The fourth-order valence-electron chi connectivity index (χ4n) is 3.79. The van der Waals surface area contributed by atoms with E-state index in [-0.39, 0.29) is 24.4 Å². The molecule has 0 saturated carbocycles.